The molecule has 15 aromatic rings. The van der Waals surface area contributed by atoms with Crippen LogP contribution in [0.2, 0.25) is 20.1 Å². The van der Waals surface area contributed by atoms with Gasteiger partial charge in [0.05, 0.1) is 96.7 Å². The molecule has 0 saturated carbocycles. The highest BCUT2D eigenvalue weighted by Gasteiger charge is 2.41. The predicted molar refractivity (Wildman–Crippen MR) is 589 cm³/mol. The third-order valence-corrected chi connectivity index (χ3v) is 27.9. The zero-order valence-corrected chi connectivity index (χ0v) is 87.6. The number of hydrogen-bond acceptors (Lipinski definition) is 18. The number of aromatic amines is 2. The molecule has 0 saturated heterocycles. The summed E-state index contributed by atoms with van der Waals surface area (Å²) in [6.45, 7) is 19.3. The fraction of sp³-hybridized carbons (Fsp3) is 0.400. The average molecular weight is 2020 g/mol. The summed E-state index contributed by atoms with van der Waals surface area (Å²) in [5, 5.41) is 9.75. The van der Waals surface area contributed by atoms with Gasteiger partial charge in [0.2, 0.25) is 0 Å². The van der Waals surface area contributed by atoms with Gasteiger partial charge in [0.1, 0.15) is 65.7 Å². The van der Waals surface area contributed by atoms with Gasteiger partial charge < -0.3 is 66.8 Å². The third kappa shape index (κ3) is 24.0. The number of rotatable bonds is 56. The fourth-order valence-electron chi connectivity index (χ4n) is 18.8. The van der Waals surface area contributed by atoms with Crippen LogP contribution in [0.15, 0.2) is 170 Å². The molecule has 754 valence electrons. The molecule has 17 rings (SSSR count). The monoisotopic (exact) mass is 2020 g/mol. The van der Waals surface area contributed by atoms with E-state index in [1.54, 1.807) is 0 Å². The molecule has 0 aliphatic carbocycles. The molecular formula is C120H134Cl4N8O12. The molecule has 0 spiro atoms. The van der Waals surface area contributed by atoms with Crippen molar-refractivity contribution >= 4 is 134 Å². The van der Waals surface area contributed by atoms with Gasteiger partial charge in [-0.05, 0) is 143 Å². The second-order valence-corrected chi connectivity index (χ2v) is 39.0. The zero-order valence-electron chi connectivity index (χ0n) is 84.5. The smallest absolute Gasteiger partial charge is 0.192 e. The van der Waals surface area contributed by atoms with E-state index in [0.717, 1.165) is 197 Å². The third-order valence-electron chi connectivity index (χ3n) is 26.6. The number of aromatic nitrogens is 8. The number of benzene rings is 12. The molecule has 0 radical (unpaired) electrons. The van der Waals surface area contributed by atoms with Crippen LogP contribution in [0.25, 0.3) is 133 Å². The first-order valence-electron chi connectivity index (χ1n) is 52.9. The van der Waals surface area contributed by atoms with Gasteiger partial charge in [-0.2, -0.15) is 0 Å². The maximum absolute atomic E-state index is 8.38. The summed E-state index contributed by atoms with van der Waals surface area (Å²) in [6, 6.07) is 56.6. The summed E-state index contributed by atoms with van der Waals surface area (Å²) in [5.74, 6) is 4.75. The molecule has 0 atom stereocenters. The topological polar surface area (TPSA) is 220 Å². The van der Waals surface area contributed by atoms with Crippen molar-refractivity contribution in [1.82, 2.24) is 39.9 Å². The summed E-state index contributed by atoms with van der Waals surface area (Å²) in [6.07, 6.45) is 27.8. The van der Waals surface area contributed by atoms with Crippen LogP contribution in [0, 0.1) is 0 Å². The molecule has 2 aliphatic heterocycles. The van der Waals surface area contributed by atoms with Crippen LogP contribution < -0.4 is 56.8 Å². The van der Waals surface area contributed by atoms with Crippen LogP contribution in [0.3, 0.4) is 0 Å². The molecule has 20 nitrogen and oxygen atoms in total. The van der Waals surface area contributed by atoms with Gasteiger partial charge in [-0.1, -0.05) is 377 Å². The Morgan fingerprint density at radius 3 is 0.632 bits per heavy atom. The molecule has 5 heterocycles. The molecule has 0 fully saturated rings. The normalized spacial score (nSPS) is 11.8. The van der Waals surface area contributed by atoms with Crippen molar-refractivity contribution in [1.29, 1.82) is 0 Å². The fourth-order valence-corrected chi connectivity index (χ4v) is 19.9. The van der Waals surface area contributed by atoms with Gasteiger partial charge in [-0.3, -0.25) is 0 Å². The molecule has 2 N–H and O–H groups in total. The van der Waals surface area contributed by atoms with Crippen molar-refractivity contribution in [2.24, 2.45) is 0 Å². The Labute approximate surface area is 865 Å². The van der Waals surface area contributed by atoms with Crippen molar-refractivity contribution in [2.45, 2.75) is 261 Å². The van der Waals surface area contributed by atoms with Crippen molar-refractivity contribution in [3.05, 3.63) is 190 Å². The van der Waals surface area contributed by atoms with E-state index in [-0.39, 0.29) is 188 Å². The van der Waals surface area contributed by atoms with Gasteiger partial charge >= 0.3 is 0 Å². The van der Waals surface area contributed by atoms with Crippen molar-refractivity contribution < 1.29 is 56.8 Å². The second-order valence-electron chi connectivity index (χ2n) is 37.5. The quantitative estimate of drug-likeness (QED) is 0.0338. The lowest BCUT2D eigenvalue weighted by Crippen LogP contribution is -2.06. The van der Waals surface area contributed by atoms with E-state index in [4.69, 9.17) is 133 Å². The van der Waals surface area contributed by atoms with E-state index >= 15 is 0 Å². The number of ether oxygens (including phenoxy) is 12. The molecule has 2 aliphatic rings. The highest BCUT2D eigenvalue weighted by Crippen LogP contribution is 2.62. The van der Waals surface area contributed by atoms with E-state index in [0.29, 0.717) is 118 Å². The molecule has 144 heavy (non-hydrogen) atoms. The molecule has 12 aromatic carbocycles. The first kappa shape index (κ1) is 103. The highest BCUT2D eigenvalue weighted by molar-refractivity contribution is 6.38. The Balaban J connectivity index is 1.10. The first-order chi connectivity index (χ1) is 70.8. The van der Waals surface area contributed by atoms with Crippen molar-refractivity contribution in [3.63, 3.8) is 0 Å². The minimum atomic E-state index is 0.0872. The Morgan fingerprint density at radius 2 is 0.389 bits per heavy atom. The SMILES string of the molecule is CCCCCCOc1c(Cl)c(Oc2ccc3ccccc3c2)c(OCCCCCC)c2c1-c1nc-2nc2[nH]c(nc3nc(nc4[nH]c(n1)c1c(OCCCCCC)c(Oc5ccc6ccccc6c5)c(Cl)c(OCCCCCC)c41)-c1c(OCCCCCC)c(Oc4ccc5ccccc5c4)c(Cl)c(OCCCCCC)c1-3)c1c(OCCCCCC)c(Oc3ccc4ccccc4c3)c(Cl)c(OCCCCCC)c21. The summed E-state index contributed by atoms with van der Waals surface area (Å²) < 4.78 is 89.3. The summed E-state index contributed by atoms with van der Waals surface area (Å²) >= 11 is 33.5. The molecule has 0 amide bonds. The predicted octanol–water partition coefficient (Wildman–Crippen LogP) is 36.9. The lowest BCUT2D eigenvalue weighted by atomic mass is 10.0. The minimum Gasteiger partial charge on any atom is -0.491 e. The van der Waals surface area contributed by atoms with E-state index in [9.17, 15) is 0 Å². The van der Waals surface area contributed by atoms with E-state index in [2.05, 4.69) is 114 Å². The molecule has 8 bridgehead atoms. The van der Waals surface area contributed by atoms with E-state index < -0.39 is 0 Å². The molecule has 24 heteroatoms. The maximum atomic E-state index is 8.38. The van der Waals surface area contributed by atoms with E-state index in [1.165, 1.54) is 0 Å². The summed E-state index contributed by atoms with van der Waals surface area (Å²) in [7, 11) is 0. The highest BCUT2D eigenvalue weighted by atomic mass is 35.5. The Hall–Kier alpha value is -12.2. The first-order valence-corrected chi connectivity index (χ1v) is 54.4. The van der Waals surface area contributed by atoms with Gasteiger partial charge in [0.25, 0.3) is 0 Å². The minimum absolute atomic E-state index is 0.0872. The molecule has 3 aromatic heterocycles. The molecular weight excluding hydrogens is 1890 g/mol. The number of nitrogens with one attached hydrogen (secondary N) is 2. The van der Waals surface area contributed by atoms with Gasteiger partial charge in [-0.15, -0.1) is 0 Å². The van der Waals surface area contributed by atoms with Crippen molar-refractivity contribution in [2.75, 3.05) is 52.9 Å². The number of unbranched alkanes of at least 4 members (excludes halogenated alkanes) is 24. The summed E-state index contributed by atoms with van der Waals surface area (Å²) in [5.41, 5.74) is 2.06. The number of fused-ring (bicyclic) bond motifs is 24. The molecule has 0 unspecified atom stereocenters. The summed E-state index contributed by atoms with van der Waals surface area (Å²) in [4.78, 5) is 43.6. The van der Waals surface area contributed by atoms with Gasteiger partial charge in [-0.25, -0.2) is 29.9 Å². The Bertz CT molecular complexity index is 6750. The lowest BCUT2D eigenvalue weighted by Gasteiger charge is -2.21. The number of hydrogen-bond donors (Lipinski definition) is 2. The lowest BCUT2D eigenvalue weighted by molar-refractivity contribution is 0.287. The van der Waals surface area contributed by atoms with Gasteiger partial charge in [0.15, 0.2) is 92.3 Å². The van der Waals surface area contributed by atoms with Crippen LogP contribution in [0.1, 0.15) is 261 Å². The van der Waals surface area contributed by atoms with Gasteiger partial charge in [0, 0.05) is 0 Å². The number of nitrogens with zero attached hydrogens (tertiary/aromatic N) is 6. The number of H-pyrrole nitrogens is 2. The van der Waals surface area contributed by atoms with Crippen LogP contribution in [0.5, 0.6) is 92.0 Å². The van der Waals surface area contributed by atoms with Crippen LogP contribution >= 0.6 is 46.4 Å². The Morgan fingerprint density at radius 1 is 0.194 bits per heavy atom. The number of halogens is 4. The Kier molecular flexibility index (Phi) is 36.6. The van der Waals surface area contributed by atoms with Crippen molar-refractivity contribution in [3.8, 4) is 138 Å². The maximum Gasteiger partial charge on any atom is 0.192 e. The van der Waals surface area contributed by atoms with Crippen LogP contribution in [-0.4, -0.2) is 92.7 Å². The van der Waals surface area contributed by atoms with Crippen LogP contribution in [0.4, 0.5) is 0 Å². The largest absolute Gasteiger partial charge is 0.491 e. The second kappa shape index (κ2) is 51.0. The zero-order chi connectivity index (χ0) is 99.6. The average Bonchev–Trinajstić information content (AvgIpc) is 1.55. The van der Waals surface area contributed by atoms with Crippen LogP contribution in [-0.2, 0) is 0 Å². The standard InChI is InChI=1S/C120H134Cl4N8O12/c1-9-17-25-41-65-133-101-89-93(105(137-69-45-29-21-13-5)109(97(101)121)141-85-61-57-77-49-33-37-53-81(77)73-85)117-125-113(89)129-118-94-90(102(134-66-42-26-18-10-2)98(122)110(106(94)138-70-46-30-22-14-6)142-86-62-58-78-50-34-38-54-82(78)74-86)115(126-118)131-120-96-92(104(136-68-44-28-20-12-4)100(124)112(108(96)140-72-48-32-24-16-8)144-88-64-60-80-52-36-40-56-84(80)76-88)116(128-120)132-119-95-91(114(127-119)130-117)103(135-67-43-27-19-11-3)99(123)111(107(95)139-71-47-31-23-15-7)143-87-63-59-79-51-35-39-55-83(79)75-87/h33-40,49-64,73-76H,9-32,41-48,65-72H2,1-8H3,(H2,125,126,127,128,129,130,131,132). The van der Waals surface area contributed by atoms with E-state index in [1.807, 2.05) is 121 Å².